The van der Waals surface area contributed by atoms with Crippen LogP contribution < -0.4 is 0 Å². The van der Waals surface area contributed by atoms with Gasteiger partial charge in [0.2, 0.25) is 6.41 Å². The molecule has 0 radical (unpaired) electrons. The van der Waals surface area contributed by atoms with Gasteiger partial charge in [-0.2, -0.15) is 5.06 Å². The molecule has 0 aromatic rings. The topological polar surface area (TPSA) is 32.8 Å². The third-order valence-corrected chi connectivity index (χ3v) is 2.70. The minimum Gasteiger partial charge on any atom is -0.297 e. The Kier molecular flexibility index (Phi) is 2.33. The Hall–Kier alpha value is -0.870. The highest BCUT2D eigenvalue weighted by molar-refractivity contribution is 5.49. The summed E-state index contributed by atoms with van der Waals surface area (Å²) in [5.74, 6) is 0.612. The molecule has 2 aliphatic rings. The fraction of sp³-hybridized carbons (Fsp3) is 0.667. The van der Waals surface area contributed by atoms with Crippen molar-refractivity contribution in [3.63, 3.8) is 0 Å². The van der Waals surface area contributed by atoms with Gasteiger partial charge in [-0.25, -0.2) is 0 Å². The number of hydroxylamine groups is 2. The molecule has 0 spiro atoms. The third-order valence-electron chi connectivity index (χ3n) is 2.70. The Labute approximate surface area is 77.7 Å². The minimum atomic E-state index is 0.612. The van der Waals surface area contributed by atoms with Crippen LogP contribution in [0.3, 0.4) is 0 Å². The highest BCUT2D eigenvalue weighted by atomic mass is 16.7. The maximum atomic E-state index is 10.6. The van der Waals surface area contributed by atoms with Crippen molar-refractivity contribution in [2.24, 2.45) is 5.92 Å². The molecule has 2 unspecified atom stereocenters. The lowest BCUT2D eigenvalue weighted by atomic mass is 10.1. The number of fused-ring (bicyclic) bond motifs is 2. The van der Waals surface area contributed by atoms with Gasteiger partial charge in [0.05, 0.1) is 12.8 Å². The second-order valence-corrected chi connectivity index (χ2v) is 3.56. The van der Waals surface area contributed by atoms with Crippen LogP contribution in [0.2, 0.25) is 0 Å². The molecule has 2 bridgehead atoms. The number of amides is 1. The SMILES string of the molecule is CON(C=O)C1=CC2CCN(C1)C2. The molecular weight excluding hydrogens is 168 g/mol. The molecule has 4 heteroatoms. The molecule has 2 aliphatic heterocycles. The van der Waals surface area contributed by atoms with Gasteiger partial charge in [0.1, 0.15) is 0 Å². The molecule has 1 saturated heterocycles. The molecule has 2 rings (SSSR count). The summed E-state index contributed by atoms with van der Waals surface area (Å²) in [6.07, 6.45) is 4.08. The zero-order chi connectivity index (χ0) is 9.26. The Morgan fingerprint density at radius 2 is 2.62 bits per heavy atom. The van der Waals surface area contributed by atoms with E-state index in [2.05, 4.69) is 11.0 Å². The van der Waals surface area contributed by atoms with Crippen molar-refractivity contribution in [3.8, 4) is 0 Å². The molecule has 0 N–H and O–H groups in total. The largest absolute Gasteiger partial charge is 0.297 e. The number of hydrogen-bond donors (Lipinski definition) is 0. The smallest absolute Gasteiger partial charge is 0.237 e. The normalized spacial score (nSPS) is 31.3. The standard InChI is InChI=1S/C9H14N2O2/c1-13-11(7-12)9-4-8-2-3-10(5-8)6-9/h4,7-8H,2-3,5-6H2,1H3. The maximum Gasteiger partial charge on any atom is 0.237 e. The molecule has 2 atom stereocenters. The zero-order valence-corrected chi connectivity index (χ0v) is 7.77. The van der Waals surface area contributed by atoms with Crippen LogP contribution in [0, 0.1) is 5.92 Å². The van der Waals surface area contributed by atoms with E-state index in [4.69, 9.17) is 4.84 Å². The van der Waals surface area contributed by atoms with Gasteiger partial charge in [0.25, 0.3) is 0 Å². The Bertz CT molecular complexity index is 240. The lowest BCUT2D eigenvalue weighted by Gasteiger charge is -2.26. The van der Waals surface area contributed by atoms with Gasteiger partial charge in [-0.15, -0.1) is 0 Å². The molecule has 1 amide bonds. The first-order valence-electron chi connectivity index (χ1n) is 4.55. The highest BCUT2D eigenvalue weighted by Gasteiger charge is 2.28. The summed E-state index contributed by atoms with van der Waals surface area (Å²) in [4.78, 5) is 17.9. The monoisotopic (exact) mass is 182 g/mol. The first-order chi connectivity index (χ1) is 6.33. The molecule has 2 heterocycles. The second-order valence-electron chi connectivity index (χ2n) is 3.56. The van der Waals surface area contributed by atoms with Crippen LogP contribution in [-0.2, 0) is 9.63 Å². The van der Waals surface area contributed by atoms with Crippen LogP contribution in [0.25, 0.3) is 0 Å². The number of nitrogens with zero attached hydrogens (tertiary/aromatic N) is 2. The second kappa shape index (κ2) is 3.47. The van der Waals surface area contributed by atoms with E-state index in [0.717, 1.165) is 31.7 Å². The lowest BCUT2D eigenvalue weighted by molar-refractivity contribution is -0.151. The molecule has 4 nitrogen and oxygen atoms in total. The van der Waals surface area contributed by atoms with Gasteiger partial charge in [-0.3, -0.25) is 14.5 Å². The lowest BCUT2D eigenvalue weighted by Crippen LogP contribution is -2.34. The molecule has 0 saturated carbocycles. The summed E-state index contributed by atoms with van der Waals surface area (Å²) in [5.41, 5.74) is 0.978. The summed E-state index contributed by atoms with van der Waals surface area (Å²) in [7, 11) is 1.51. The van der Waals surface area contributed by atoms with Gasteiger partial charge in [-0.05, 0) is 18.9 Å². The van der Waals surface area contributed by atoms with Crippen molar-refractivity contribution >= 4 is 6.41 Å². The predicted molar refractivity (Wildman–Crippen MR) is 47.5 cm³/mol. The molecular formula is C9H14N2O2. The number of carbonyl (C=O) groups excluding carboxylic acids is 1. The number of carbonyl (C=O) groups is 1. The summed E-state index contributed by atoms with van der Waals surface area (Å²) >= 11 is 0. The van der Waals surface area contributed by atoms with E-state index in [9.17, 15) is 4.79 Å². The van der Waals surface area contributed by atoms with Gasteiger partial charge in [0.15, 0.2) is 0 Å². The van der Waals surface area contributed by atoms with Gasteiger partial charge >= 0.3 is 0 Å². The summed E-state index contributed by atoms with van der Waals surface area (Å²) in [6.45, 7) is 3.12. The quantitative estimate of drug-likeness (QED) is 0.462. The third kappa shape index (κ3) is 1.59. The van der Waals surface area contributed by atoms with Gasteiger partial charge in [0, 0.05) is 13.1 Å². The Balaban J connectivity index is 2.11. The van der Waals surface area contributed by atoms with Crippen molar-refractivity contribution in [2.75, 3.05) is 26.7 Å². The molecule has 0 aliphatic carbocycles. The average Bonchev–Trinajstić information content (AvgIpc) is 2.48. The van der Waals surface area contributed by atoms with Crippen LogP contribution in [0.5, 0.6) is 0 Å². The molecule has 0 aromatic heterocycles. The average molecular weight is 182 g/mol. The van der Waals surface area contributed by atoms with Crippen LogP contribution >= 0.6 is 0 Å². The van der Waals surface area contributed by atoms with E-state index in [1.165, 1.54) is 18.6 Å². The van der Waals surface area contributed by atoms with Crippen LogP contribution in [0.4, 0.5) is 0 Å². The molecule has 13 heavy (non-hydrogen) atoms. The number of hydrogen-bond acceptors (Lipinski definition) is 3. The van der Waals surface area contributed by atoms with Crippen molar-refractivity contribution < 1.29 is 9.63 Å². The van der Waals surface area contributed by atoms with E-state index in [1.807, 2.05) is 0 Å². The van der Waals surface area contributed by atoms with Gasteiger partial charge < -0.3 is 0 Å². The van der Waals surface area contributed by atoms with Crippen LogP contribution in [-0.4, -0.2) is 43.1 Å². The number of rotatable bonds is 3. The van der Waals surface area contributed by atoms with Crippen molar-refractivity contribution in [2.45, 2.75) is 6.42 Å². The van der Waals surface area contributed by atoms with Crippen molar-refractivity contribution in [3.05, 3.63) is 11.8 Å². The predicted octanol–water partition coefficient (Wildman–Crippen LogP) is 0.226. The summed E-state index contributed by atoms with van der Waals surface area (Å²) in [5, 5.41) is 1.31. The fourth-order valence-electron chi connectivity index (χ4n) is 2.07. The summed E-state index contributed by atoms with van der Waals surface area (Å²) in [6, 6.07) is 0. The Morgan fingerprint density at radius 1 is 1.77 bits per heavy atom. The minimum absolute atomic E-state index is 0.612. The van der Waals surface area contributed by atoms with Crippen LogP contribution in [0.15, 0.2) is 11.8 Å². The van der Waals surface area contributed by atoms with Crippen molar-refractivity contribution in [1.29, 1.82) is 0 Å². The van der Waals surface area contributed by atoms with E-state index in [-0.39, 0.29) is 0 Å². The van der Waals surface area contributed by atoms with Gasteiger partial charge in [-0.1, -0.05) is 6.08 Å². The summed E-state index contributed by atoms with van der Waals surface area (Å²) < 4.78 is 0. The van der Waals surface area contributed by atoms with E-state index in [0.29, 0.717) is 5.92 Å². The van der Waals surface area contributed by atoms with E-state index in [1.54, 1.807) is 0 Å². The maximum absolute atomic E-state index is 10.6. The molecule has 0 aromatic carbocycles. The first kappa shape index (κ1) is 8.72. The molecule has 1 fully saturated rings. The highest BCUT2D eigenvalue weighted by Crippen LogP contribution is 2.26. The zero-order valence-electron chi connectivity index (χ0n) is 7.77. The Morgan fingerprint density at radius 3 is 3.23 bits per heavy atom. The van der Waals surface area contributed by atoms with Crippen molar-refractivity contribution in [1.82, 2.24) is 9.96 Å². The van der Waals surface area contributed by atoms with E-state index < -0.39 is 0 Å². The first-order valence-corrected chi connectivity index (χ1v) is 4.55. The fourth-order valence-corrected chi connectivity index (χ4v) is 2.07. The van der Waals surface area contributed by atoms with E-state index >= 15 is 0 Å². The molecule has 72 valence electrons. The van der Waals surface area contributed by atoms with Crippen LogP contribution in [0.1, 0.15) is 6.42 Å².